The summed E-state index contributed by atoms with van der Waals surface area (Å²) < 4.78 is 30.1. The Morgan fingerprint density at radius 2 is 2.31 bits per heavy atom. The molecule has 0 aliphatic heterocycles. The van der Waals surface area contributed by atoms with E-state index in [1.165, 1.54) is 7.11 Å². The highest BCUT2D eigenvalue weighted by atomic mass is 19.1. The fraction of sp³-hybridized carbons (Fsp3) is 0.375. The van der Waals surface area contributed by atoms with Gasteiger partial charge in [0.25, 0.3) is 0 Å². The summed E-state index contributed by atoms with van der Waals surface area (Å²) in [6.07, 6.45) is 0.925. The fourth-order valence-electron chi connectivity index (χ4n) is 0.956. The first-order chi connectivity index (χ1) is 6.15. The molecule has 1 aromatic heterocycles. The Hall–Kier alpha value is -1.07. The van der Waals surface area contributed by atoms with Crippen LogP contribution in [-0.2, 0) is 4.74 Å². The molecule has 0 fully saturated rings. The monoisotopic (exact) mass is 188 g/mol. The summed E-state index contributed by atoms with van der Waals surface area (Å²) in [5.41, 5.74) is 5.52. The zero-order valence-corrected chi connectivity index (χ0v) is 7.13. The van der Waals surface area contributed by atoms with Gasteiger partial charge in [-0.2, -0.15) is 0 Å². The number of methoxy groups -OCH3 is 1. The molecule has 1 atom stereocenters. The number of hydrogen-bond acceptors (Lipinski definition) is 3. The van der Waals surface area contributed by atoms with Crippen molar-refractivity contribution in [3.8, 4) is 0 Å². The Morgan fingerprint density at radius 3 is 2.85 bits per heavy atom. The molecule has 13 heavy (non-hydrogen) atoms. The molecule has 1 rings (SSSR count). The van der Waals surface area contributed by atoms with Gasteiger partial charge in [0.1, 0.15) is 11.6 Å². The predicted octanol–water partition coefficient (Wildman–Crippen LogP) is 1.01. The average molecular weight is 188 g/mol. The lowest BCUT2D eigenvalue weighted by molar-refractivity contribution is 0.178. The van der Waals surface area contributed by atoms with Crippen LogP contribution in [0, 0.1) is 11.6 Å². The van der Waals surface area contributed by atoms with Crippen LogP contribution in [0.15, 0.2) is 12.3 Å². The van der Waals surface area contributed by atoms with E-state index < -0.39 is 17.7 Å². The number of aromatic nitrogens is 1. The lowest BCUT2D eigenvalue weighted by atomic mass is 10.2. The summed E-state index contributed by atoms with van der Waals surface area (Å²) in [5, 5.41) is 0. The number of nitrogens with zero attached hydrogens (tertiary/aromatic N) is 1. The molecule has 0 radical (unpaired) electrons. The van der Waals surface area contributed by atoms with E-state index in [2.05, 4.69) is 4.98 Å². The molecule has 0 aliphatic carbocycles. The van der Waals surface area contributed by atoms with Crippen LogP contribution in [0.4, 0.5) is 8.78 Å². The largest absolute Gasteiger partial charge is 0.383 e. The number of rotatable bonds is 3. The van der Waals surface area contributed by atoms with Gasteiger partial charge in [-0.25, -0.2) is 8.78 Å². The van der Waals surface area contributed by atoms with Gasteiger partial charge in [-0.05, 0) is 0 Å². The van der Waals surface area contributed by atoms with Gasteiger partial charge in [0, 0.05) is 13.2 Å². The van der Waals surface area contributed by atoms with E-state index in [4.69, 9.17) is 10.5 Å². The second kappa shape index (κ2) is 4.25. The maximum absolute atomic E-state index is 13.0. The van der Waals surface area contributed by atoms with E-state index in [0.717, 1.165) is 12.3 Å². The molecule has 0 aromatic carbocycles. The summed E-state index contributed by atoms with van der Waals surface area (Å²) in [6.45, 7) is 0.148. The van der Waals surface area contributed by atoms with Crippen molar-refractivity contribution in [2.75, 3.05) is 13.7 Å². The van der Waals surface area contributed by atoms with Gasteiger partial charge in [0.05, 0.1) is 24.5 Å². The van der Waals surface area contributed by atoms with Crippen molar-refractivity contribution in [3.05, 3.63) is 29.6 Å². The van der Waals surface area contributed by atoms with Gasteiger partial charge in [-0.1, -0.05) is 0 Å². The van der Waals surface area contributed by atoms with Crippen molar-refractivity contribution in [1.82, 2.24) is 4.98 Å². The molecule has 0 saturated carbocycles. The van der Waals surface area contributed by atoms with Crippen LogP contribution in [0.1, 0.15) is 11.7 Å². The fourth-order valence-corrected chi connectivity index (χ4v) is 0.956. The van der Waals surface area contributed by atoms with Gasteiger partial charge in [0.15, 0.2) is 0 Å². The molecule has 5 heteroatoms. The number of nitrogens with two attached hydrogens (primary N) is 1. The average Bonchev–Trinajstić information content (AvgIpc) is 2.04. The molecular weight excluding hydrogens is 178 g/mol. The number of hydrogen-bond donors (Lipinski definition) is 1. The molecule has 72 valence electrons. The van der Waals surface area contributed by atoms with Crippen molar-refractivity contribution in [2.24, 2.45) is 5.73 Å². The Kier molecular flexibility index (Phi) is 3.27. The number of halogens is 2. The van der Waals surface area contributed by atoms with Crippen LogP contribution in [0.3, 0.4) is 0 Å². The third-order valence-corrected chi connectivity index (χ3v) is 1.53. The third-order valence-electron chi connectivity index (χ3n) is 1.53. The van der Waals surface area contributed by atoms with Crippen LogP contribution in [-0.4, -0.2) is 18.7 Å². The van der Waals surface area contributed by atoms with Crippen molar-refractivity contribution < 1.29 is 13.5 Å². The Morgan fingerprint density at radius 1 is 1.62 bits per heavy atom. The lowest BCUT2D eigenvalue weighted by Gasteiger charge is -2.09. The molecule has 1 aromatic rings. The lowest BCUT2D eigenvalue weighted by Crippen LogP contribution is -2.19. The van der Waals surface area contributed by atoms with Crippen molar-refractivity contribution >= 4 is 0 Å². The van der Waals surface area contributed by atoms with Crippen molar-refractivity contribution in [2.45, 2.75) is 6.04 Å². The number of pyridine rings is 1. The molecular formula is C8H10F2N2O. The number of ether oxygens (including phenoxy) is 1. The SMILES string of the molecule is COC[C@@H](N)c1ncc(F)cc1F. The second-order valence-corrected chi connectivity index (χ2v) is 2.58. The topological polar surface area (TPSA) is 48.1 Å². The van der Waals surface area contributed by atoms with E-state index in [1.807, 2.05) is 0 Å². The predicted molar refractivity (Wildman–Crippen MR) is 43.0 cm³/mol. The van der Waals surface area contributed by atoms with Crippen molar-refractivity contribution in [3.63, 3.8) is 0 Å². The summed E-state index contributed by atoms with van der Waals surface area (Å²) in [7, 11) is 1.45. The molecule has 1 heterocycles. The Labute approximate surface area is 74.5 Å². The molecule has 0 amide bonds. The van der Waals surface area contributed by atoms with Gasteiger partial charge in [-0.3, -0.25) is 4.98 Å². The first-order valence-electron chi connectivity index (χ1n) is 3.70. The van der Waals surface area contributed by atoms with Crippen molar-refractivity contribution in [1.29, 1.82) is 0 Å². The molecule has 0 spiro atoms. The van der Waals surface area contributed by atoms with E-state index in [0.29, 0.717) is 0 Å². The summed E-state index contributed by atoms with van der Waals surface area (Å²) >= 11 is 0. The van der Waals surface area contributed by atoms with Crippen LogP contribution < -0.4 is 5.73 Å². The van der Waals surface area contributed by atoms with E-state index in [-0.39, 0.29) is 12.3 Å². The van der Waals surface area contributed by atoms with Crippen LogP contribution in [0.25, 0.3) is 0 Å². The maximum Gasteiger partial charge on any atom is 0.149 e. The second-order valence-electron chi connectivity index (χ2n) is 2.58. The van der Waals surface area contributed by atoms with E-state index in [9.17, 15) is 8.78 Å². The zero-order chi connectivity index (χ0) is 9.84. The van der Waals surface area contributed by atoms with Crippen LogP contribution >= 0.6 is 0 Å². The molecule has 3 nitrogen and oxygen atoms in total. The summed E-state index contributed by atoms with van der Waals surface area (Å²) in [6, 6.07) is 0.0864. The first kappa shape index (κ1) is 10.0. The van der Waals surface area contributed by atoms with Gasteiger partial charge in [0.2, 0.25) is 0 Å². The van der Waals surface area contributed by atoms with Crippen LogP contribution in [0.2, 0.25) is 0 Å². The third kappa shape index (κ3) is 2.43. The maximum atomic E-state index is 13.0. The molecule has 0 unspecified atom stereocenters. The molecule has 0 bridgehead atoms. The first-order valence-corrected chi connectivity index (χ1v) is 3.70. The molecule has 0 aliphatic rings. The minimum atomic E-state index is -0.746. The highest BCUT2D eigenvalue weighted by Gasteiger charge is 2.13. The zero-order valence-electron chi connectivity index (χ0n) is 7.13. The minimum absolute atomic E-state index is 0.0169. The minimum Gasteiger partial charge on any atom is -0.383 e. The highest BCUT2D eigenvalue weighted by molar-refractivity contribution is 5.12. The highest BCUT2D eigenvalue weighted by Crippen LogP contribution is 2.12. The Balaban J connectivity index is 2.88. The van der Waals surface area contributed by atoms with E-state index >= 15 is 0 Å². The summed E-state index contributed by atoms with van der Waals surface area (Å²) in [5.74, 6) is -1.46. The molecule has 0 saturated heterocycles. The smallest absolute Gasteiger partial charge is 0.149 e. The van der Waals surface area contributed by atoms with Gasteiger partial charge < -0.3 is 10.5 Å². The quantitative estimate of drug-likeness (QED) is 0.769. The molecule has 2 N–H and O–H groups in total. The van der Waals surface area contributed by atoms with Gasteiger partial charge >= 0.3 is 0 Å². The van der Waals surface area contributed by atoms with Gasteiger partial charge in [-0.15, -0.1) is 0 Å². The Bertz CT molecular complexity index is 293. The standard InChI is InChI=1S/C8H10F2N2O/c1-13-4-7(11)8-6(10)2-5(9)3-12-8/h2-3,7H,4,11H2,1H3/t7-/m1/s1. The summed E-state index contributed by atoms with van der Waals surface area (Å²) in [4.78, 5) is 3.54. The normalized spacial score (nSPS) is 12.9. The van der Waals surface area contributed by atoms with Crippen LogP contribution in [0.5, 0.6) is 0 Å². The van der Waals surface area contributed by atoms with E-state index in [1.54, 1.807) is 0 Å².